The lowest BCUT2D eigenvalue weighted by atomic mass is 10.3. The highest BCUT2D eigenvalue weighted by molar-refractivity contribution is 7.92. The van der Waals surface area contributed by atoms with Crippen LogP contribution in [0.2, 0.25) is 0 Å². The predicted molar refractivity (Wildman–Crippen MR) is 80.0 cm³/mol. The lowest BCUT2D eigenvalue weighted by Crippen LogP contribution is -2.22. The molecule has 2 N–H and O–H groups in total. The summed E-state index contributed by atoms with van der Waals surface area (Å²) in [6, 6.07) is 5.45. The van der Waals surface area contributed by atoms with Crippen molar-refractivity contribution in [2.24, 2.45) is 5.92 Å². The number of hydrogen-bond donors (Lipinski definition) is 2. The van der Waals surface area contributed by atoms with Crippen molar-refractivity contribution in [3.63, 3.8) is 0 Å². The Balaban J connectivity index is 2.86. The Morgan fingerprint density at radius 1 is 1.15 bits per heavy atom. The van der Waals surface area contributed by atoms with Crippen molar-refractivity contribution in [2.75, 3.05) is 23.4 Å². The van der Waals surface area contributed by atoms with Gasteiger partial charge in [-0.25, -0.2) is 21.6 Å². The van der Waals surface area contributed by atoms with E-state index in [0.717, 1.165) is 0 Å². The summed E-state index contributed by atoms with van der Waals surface area (Å²) in [6.45, 7) is 1.73. The van der Waals surface area contributed by atoms with Crippen LogP contribution in [0, 0.1) is 5.92 Å². The van der Waals surface area contributed by atoms with E-state index < -0.39 is 20.0 Å². The number of benzene rings is 1. The molecule has 6 nitrogen and oxygen atoms in total. The van der Waals surface area contributed by atoms with E-state index >= 15 is 0 Å². The molecule has 0 spiro atoms. The summed E-state index contributed by atoms with van der Waals surface area (Å²) < 4.78 is 51.2. The molecule has 20 heavy (non-hydrogen) atoms. The summed E-state index contributed by atoms with van der Waals surface area (Å²) in [5.41, 5.74) is 0.307. The molecule has 1 aromatic rings. The van der Waals surface area contributed by atoms with Crippen LogP contribution in [0.4, 0.5) is 5.69 Å². The fourth-order valence-electron chi connectivity index (χ4n) is 1.46. The minimum absolute atomic E-state index is 0.0667. The first-order chi connectivity index (χ1) is 9.20. The van der Waals surface area contributed by atoms with E-state index in [-0.39, 0.29) is 22.4 Å². The van der Waals surface area contributed by atoms with Crippen molar-refractivity contribution in [1.82, 2.24) is 4.72 Å². The fourth-order valence-corrected chi connectivity index (χ4v) is 3.87. The Hall–Kier alpha value is -0.830. The van der Waals surface area contributed by atoms with Crippen LogP contribution in [0.25, 0.3) is 0 Å². The predicted octanol–water partition coefficient (Wildman–Crippen LogP) is 1.21. The Kier molecular flexibility index (Phi) is 5.81. The SMILES string of the molecule is CNS(=O)(=O)c1ccc(NS(=O)(=O)CC(C)CCl)cc1. The molecule has 0 aliphatic heterocycles. The van der Waals surface area contributed by atoms with Gasteiger partial charge in [-0.2, -0.15) is 0 Å². The molecule has 1 unspecified atom stereocenters. The minimum Gasteiger partial charge on any atom is -0.284 e. The summed E-state index contributed by atoms with van der Waals surface area (Å²) >= 11 is 5.58. The van der Waals surface area contributed by atoms with Crippen LogP contribution in [0.3, 0.4) is 0 Å². The van der Waals surface area contributed by atoms with Gasteiger partial charge in [-0.05, 0) is 37.2 Å². The molecule has 0 aliphatic carbocycles. The van der Waals surface area contributed by atoms with E-state index in [2.05, 4.69) is 9.44 Å². The molecule has 1 atom stereocenters. The third-order valence-electron chi connectivity index (χ3n) is 2.47. The van der Waals surface area contributed by atoms with Gasteiger partial charge in [0.15, 0.2) is 0 Å². The van der Waals surface area contributed by atoms with Gasteiger partial charge in [-0.3, -0.25) is 4.72 Å². The molecule has 0 amide bonds. The molecule has 0 aromatic heterocycles. The third-order valence-corrected chi connectivity index (χ3v) is 5.99. The van der Waals surface area contributed by atoms with Gasteiger partial charge in [0.25, 0.3) is 0 Å². The number of alkyl halides is 1. The van der Waals surface area contributed by atoms with Gasteiger partial charge in [-0.15, -0.1) is 11.6 Å². The Bertz CT molecular complexity index is 642. The standard InChI is InChI=1S/C11H17ClN2O4S2/c1-9(7-12)8-19(15,16)14-10-3-5-11(6-4-10)20(17,18)13-2/h3-6,9,13-14H,7-8H2,1-2H3. The highest BCUT2D eigenvalue weighted by Gasteiger charge is 2.16. The number of hydrogen-bond acceptors (Lipinski definition) is 4. The molecule has 114 valence electrons. The minimum atomic E-state index is -3.53. The largest absolute Gasteiger partial charge is 0.284 e. The lowest BCUT2D eigenvalue weighted by Gasteiger charge is -2.11. The summed E-state index contributed by atoms with van der Waals surface area (Å²) in [7, 11) is -5.72. The summed E-state index contributed by atoms with van der Waals surface area (Å²) in [5, 5.41) is 0. The topological polar surface area (TPSA) is 92.3 Å². The van der Waals surface area contributed by atoms with Gasteiger partial charge < -0.3 is 0 Å². The van der Waals surface area contributed by atoms with E-state index in [0.29, 0.717) is 5.69 Å². The number of rotatable bonds is 7. The summed E-state index contributed by atoms with van der Waals surface area (Å²) in [4.78, 5) is 0.0667. The van der Waals surface area contributed by atoms with Crippen LogP contribution >= 0.6 is 11.6 Å². The molecule has 0 radical (unpaired) electrons. The molecule has 1 aromatic carbocycles. The van der Waals surface area contributed by atoms with E-state index in [1.165, 1.54) is 31.3 Å². The molecular weight excluding hydrogens is 324 g/mol. The van der Waals surface area contributed by atoms with Gasteiger partial charge in [0.05, 0.1) is 10.6 Å². The number of sulfonamides is 2. The van der Waals surface area contributed by atoms with Crippen LogP contribution in [0.1, 0.15) is 6.92 Å². The molecule has 0 heterocycles. The van der Waals surface area contributed by atoms with Gasteiger partial charge >= 0.3 is 0 Å². The van der Waals surface area contributed by atoms with Crippen molar-refractivity contribution in [1.29, 1.82) is 0 Å². The molecule has 9 heteroatoms. The van der Waals surface area contributed by atoms with Crippen LogP contribution < -0.4 is 9.44 Å². The number of halogens is 1. The number of anilines is 1. The Labute approximate surface area is 124 Å². The van der Waals surface area contributed by atoms with Gasteiger partial charge in [0.1, 0.15) is 0 Å². The average molecular weight is 341 g/mol. The summed E-state index contributed by atoms with van der Waals surface area (Å²) in [5.74, 6) is -0.00837. The van der Waals surface area contributed by atoms with E-state index in [1.807, 2.05) is 0 Å². The van der Waals surface area contributed by atoms with E-state index in [9.17, 15) is 16.8 Å². The van der Waals surface area contributed by atoms with Crippen LogP contribution in [0.5, 0.6) is 0 Å². The fraction of sp³-hybridized carbons (Fsp3) is 0.455. The highest BCUT2D eigenvalue weighted by Crippen LogP contribution is 2.16. The van der Waals surface area contributed by atoms with Crippen molar-refractivity contribution < 1.29 is 16.8 Å². The zero-order valence-electron chi connectivity index (χ0n) is 11.1. The molecule has 0 bridgehead atoms. The van der Waals surface area contributed by atoms with Crippen molar-refractivity contribution >= 4 is 37.3 Å². The molecule has 1 rings (SSSR count). The van der Waals surface area contributed by atoms with Crippen LogP contribution in [-0.2, 0) is 20.0 Å². The maximum Gasteiger partial charge on any atom is 0.240 e. The molecule has 0 saturated carbocycles. The smallest absolute Gasteiger partial charge is 0.240 e. The maximum atomic E-state index is 11.8. The summed E-state index contributed by atoms with van der Waals surface area (Å²) in [6.07, 6.45) is 0. The lowest BCUT2D eigenvalue weighted by molar-refractivity contribution is 0.587. The maximum absolute atomic E-state index is 11.8. The molecule has 0 aliphatic rings. The van der Waals surface area contributed by atoms with E-state index in [1.54, 1.807) is 6.92 Å². The second-order valence-corrected chi connectivity index (χ2v) is 8.34. The van der Waals surface area contributed by atoms with Crippen LogP contribution in [-0.4, -0.2) is 35.5 Å². The second kappa shape index (κ2) is 6.75. The Morgan fingerprint density at radius 2 is 1.70 bits per heavy atom. The molecule has 0 fully saturated rings. The zero-order valence-corrected chi connectivity index (χ0v) is 13.5. The first kappa shape index (κ1) is 17.2. The van der Waals surface area contributed by atoms with Gasteiger partial charge in [0, 0.05) is 11.6 Å². The molecule has 0 saturated heterocycles. The van der Waals surface area contributed by atoms with Crippen molar-refractivity contribution in [3.8, 4) is 0 Å². The molecular formula is C11H17ClN2O4S2. The quantitative estimate of drug-likeness (QED) is 0.730. The van der Waals surface area contributed by atoms with Crippen molar-refractivity contribution in [2.45, 2.75) is 11.8 Å². The normalized spacial score (nSPS) is 13.9. The van der Waals surface area contributed by atoms with Gasteiger partial charge in [0.2, 0.25) is 20.0 Å². The highest BCUT2D eigenvalue weighted by atomic mass is 35.5. The third kappa shape index (κ3) is 4.93. The zero-order chi connectivity index (χ0) is 15.4. The average Bonchev–Trinajstić information content (AvgIpc) is 2.38. The number of nitrogens with one attached hydrogen (secondary N) is 2. The first-order valence-electron chi connectivity index (χ1n) is 5.80. The van der Waals surface area contributed by atoms with Gasteiger partial charge in [-0.1, -0.05) is 6.92 Å². The monoisotopic (exact) mass is 340 g/mol. The second-order valence-electron chi connectivity index (χ2n) is 4.37. The van der Waals surface area contributed by atoms with Crippen molar-refractivity contribution in [3.05, 3.63) is 24.3 Å². The Morgan fingerprint density at radius 3 is 2.15 bits per heavy atom. The first-order valence-corrected chi connectivity index (χ1v) is 9.47. The van der Waals surface area contributed by atoms with E-state index in [4.69, 9.17) is 11.6 Å². The van der Waals surface area contributed by atoms with Crippen LogP contribution in [0.15, 0.2) is 29.2 Å².